The van der Waals surface area contributed by atoms with Crippen LogP contribution in [0, 0.1) is 0 Å². The Kier molecular flexibility index (Phi) is 2.77. The number of nitrogens with two attached hydrogens (primary N) is 1. The fraction of sp³-hybridized carbons (Fsp3) is 0.455. The summed E-state index contributed by atoms with van der Waals surface area (Å²) < 4.78 is 7.08. The largest absolute Gasteiger partial charge is 0.394 e. The molecule has 102 valence electrons. The number of H-pyrrole nitrogens is 1. The second-order valence-electron chi connectivity index (χ2n) is 4.57. The number of imidazole rings is 1. The van der Waals surface area contributed by atoms with Gasteiger partial charge in [-0.2, -0.15) is 0 Å². The van der Waals surface area contributed by atoms with Gasteiger partial charge in [0.2, 0.25) is 0 Å². The average molecular weight is 266 g/mol. The third kappa shape index (κ3) is 1.89. The van der Waals surface area contributed by atoms with Crippen molar-refractivity contribution in [1.29, 1.82) is 0 Å². The van der Waals surface area contributed by atoms with Crippen molar-refractivity contribution >= 4 is 16.9 Å². The monoisotopic (exact) mass is 266 g/mol. The van der Waals surface area contributed by atoms with Crippen molar-refractivity contribution in [2.24, 2.45) is 0 Å². The van der Waals surface area contributed by atoms with Crippen LogP contribution in [0.15, 0.2) is 17.2 Å². The van der Waals surface area contributed by atoms with Crippen LogP contribution < -0.4 is 11.3 Å². The van der Waals surface area contributed by atoms with E-state index in [1.807, 2.05) is 0 Å². The highest BCUT2D eigenvalue weighted by Gasteiger charge is 2.35. The molecule has 2 aromatic heterocycles. The number of nitrogen functional groups attached to an aromatic ring is 1. The van der Waals surface area contributed by atoms with Crippen LogP contribution in [-0.2, 0) is 4.74 Å². The molecule has 3 atom stereocenters. The Labute approximate surface area is 107 Å². The van der Waals surface area contributed by atoms with Gasteiger partial charge in [0.1, 0.15) is 11.9 Å². The van der Waals surface area contributed by atoms with Crippen molar-refractivity contribution in [1.82, 2.24) is 14.5 Å². The summed E-state index contributed by atoms with van der Waals surface area (Å²) in [5.41, 5.74) is 5.93. The Morgan fingerprint density at radius 2 is 2.42 bits per heavy atom. The second kappa shape index (κ2) is 4.34. The SMILES string of the molecule is Nc1cc2c(ncn2C2O[C@H](CO)C[C@H]2O)c(=O)[nH]1. The summed E-state index contributed by atoms with van der Waals surface area (Å²) in [7, 11) is 0. The Hall–Kier alpha value is -1.90. The lowest BCUT2D eigenvalue weighted by Gasteiger charge is -2.16. The summed E-state index contributed by atoms with van der Waals surface area (Å²) in [5.74, 6) is 0.213. The predicted octanol–water partition coefficient (Wildman–Crippen LogP) is -1.05. The number of aliphatic hydroxyl groups is 2. The van der Waals surface area contributed by atoms with Crippen molar-refractivity contribution in [3.05, 3.63) is 22.7 Å². The van der Waals surface area contributed by atoms with Gasteiger partial charge in [-0.3, -0.25) is 4.79 Å². The minimum absolute atomic E-state index is 0.164. The van der Waals surface area contributed by atoms with E-state index < -0.39 is 18.4 Å². The Morgan fingerprint density at radius 1 is 1.63 bits per heavy atom. The smallest absolute Gasteiger partial charge is 0.277 e. The summed E-state index contributed by atoms with van der Waals surface area (Å²) in [6, 6.07) is 1.56. The van der Waals surface area contributed by atoms with Crippen LogP contribution in [0.3, 0.4) is 0 Å². The Balaban J connectivity index is 2.09. The van der Waals surface area contributed by atoms with Gasteiger partial charge in [0.25, 0.3) is 5.56 Å². The molecule has 5 N–H and O–H groups in total. The molecule has 1 unspecified atom stereocenters. The molecule has 2 aromatic rings. The molecule has 0 spiro atoms. The molecule has 3 rings (SSSR count). The number of nitrogens with zero attached hydrogens (tertiary/aromatic N) is 2. The molecule has 19 heavy (non-hydrogen) atoms. The van der Waals surface area contributed by atoms with Crippen molar-refractivity contribution in [3.63, 3.8) is 0 Å². The Bertz CT molecular complexity index is 664. The van der Waals surface area contributed by atoms with Crippen LogP contribution in [0.2, 0.25) is 0 Å². The Morgan fingerprint density at radius 3 is 3.11 bits per heavy atom. The van der Waals surface area contributed by atoms with E-state index in [1.54, 1.807) is 10.6 Å². The van der Waals surface area contributed by atoms with E-state index in [1.165, 1.54) is 6.33 Å². The molecule has 0 radical (unpaired) electrons. The van der Waals surface area contributed by atoms with Crippen molar-refractivity contribution in [3.8, 4) is 0 Å². The van der Waals surface area contributed by atoms with E-state index in [-0.39, 0.29) is 23.5 Å². The number of aromatic nitrogens is 3. The number of rotatable bonds is 2. The molecular weight excluding hydrogens is 252 g/mol. The highest BCUT2D eigenvalue weighted by Crippen LogP contribution is 2.30. The van der Waals surface area contributed by atoms with E-state index in [0.717, 1.165) is 0 Å². The van der Waals surface area contributed by atoms with Crippen LogP contribution in [0.1, 0.15) is 12.6 Å². The maximum Gasteiger partial charge on any atom is 0.277 e. The number of hydrogen-bond donors (Lipinski definition) is 4. The second-order valence-corrected chi connectivity index (χ2v) is 4.57. The van der Waals surface area contributed by atoms with E-state index in [4.69, 9.17) is 15.6 Å². The molecule has 0 aromatic carbocycles. The molecule has 0 aliphatic carbocycles. The predicted molar refractivity (Wildman–Crippen MR) is 66.4 cm³/mol. The number of nitrogens with one attached hydrogen (secondary N) is 1. The molecule has 8 nitrogen and oxygen atoms in total. The third-order valence-electron chi connectivity index (χ3n) is 3.24. The third-order valence-corrected chi connectivity index (χ3v) is 3.24. The number of anilines is 1. The molecule has 1 aliphatic rings. The molecule has 1 saturated heterocycles. The van der Waals surface area contributed by atoms with Gasteiger partial charge in [0.15, 0.2) is 11.7 Å². The summed E-state index contributed by atoms with van der Waals surface area (Å²) >= 11 is 0. The maximum absolute atomic E-state index is 11.7. The molecule has 0 amide bonds. The van der Waals surface area contributed by atoms with Gasteiger partial charge < -0.3 is 30.2 Å². The van der Waals surface area contributed by atoms with Crippen LogP contribution in [0.25, 0.3) is 11.0 Å². The lowest BCUT2D eigenvalue weighted by Crippen LogP contribution is -2.19. The zero-order chi connectivity index (χ0) is 13.6. The maximum atomic E-state index is 11.7. The van der Waals surface area contributed by atoms with Crippen LogP contribution in [0.5, 0.6) is 0 Å². The highest BCUT2D eigenvalue weighted by atomic mass is 16.5. The average Bonchev–Trinajstić information content (AvgIpc) is 2.92. The van der Waals surface area contributed by atoms with Crippen LogP contribution >= 0.6 is 0 Å². The van der Waals surface area contributed by atoms with Gasteiger partial charge in [0, 0.05) is 12.5 Å². The topological polar surface area (TPSA) is 126 Å². The van der Waals surface area contributed by atoms with E-state index in [9.17, 15) is 9.90 Å². The highest BCUT2D eigenvalue weighted by molar-refractivity contribution is 5.76. The minimum Gasteiger partial charge on any atom is -0.394 e. The summed E-state index contributed by atoms with van der Waals surface area (Å²) in [5, 5.41) is 19.0. The first kappa shape index (κ1) is 12.2. The molecule has 3 heterocycles. The summed E-state index contributed by atoms with van der Waals surface area (Å²) in [6.45, 7) is -0.164. The molecule has 1 aliphatic heterocycles. The van der Waals surface area contributed by atoms with Gasteiger partial charge in [-0.15, -0.1) is 0 Å². The first-order chi connectivity index (χ1) is 9.10. The number of pyridine rings is 1. The van der Waals surface area contributed by atoms with Crippen LogP contribution in [0.4, 0.5) is 5.82 Å². The van der Waals surface area contributed by atoms with Crippen molar-refractivity contribution < 1.29 is 14.9 Å². The van der Waals surface area contributed by atoms with Crippen LogP contribution in [-0.4, -0.2) is 43.6 Å². The number of ether oxygens (including phenoxy) is 1. The zero-order valence-corrected chi connectivity index (χ0v) is 9.98. The van der Waals surface area contributed by atoms with E-state index in [2.05, 4.69) is 9.97 Å². The van der Waals surface area contributed by atoms with E-state index in [0.29, 0.717) is 11.9 Å². The fourth-order valence-corrected chi connectivity index (χ4v) is 2.36. The van der Waals surface area contributed by atoms with Crippen molar-refractivity contribution in [2.75, 3.05) is 12.3 Å². The van der Waals surface area contributed by atoms with Gasteiger partial charge in [-0.05, 0) is 0 Å². The number of fused-ring (bicyclic) bond motifs is 1. The van der Waals surface area contributed by atoms with Gasteiger partial charge in [0.05, 0.1) is 24.6 Å². The number of aliphatic hydroxyl groups excluding tert-OH is 2. The molecule has 8 heteroatoms. The fourth-order valence-electron chi connectivity index (χ4n) is 2.36. The van der Waals surface area contributed by atoms with Gasteiger partial charge >= 0.3 is 0 Å². The molecular formula is C11H14N4O4. The molecule has 0 bridgehead atoms. The van der Waals surface area contributed by atoms with Crippen molar-refractivity contribution in [2.45, 2.75) is 24.9 Å². The molecule has 0 saturated carbocycles. The first-order valence-electron chi connectivity index (χ1n) is 5.90. The number of aromatic amines is 1. The quantitative estimate of drug-likeness (QED) is 0.549. The first-order valence-corrected chi connectivity index (χ1v) is 5.90. The molecule has 1 fully saturated rings. The lowest BCUT2D eigenvalue weighted by atomic mass is 10.2. The van der Waals surface area contributed by atoms with E-state index >= 15 is 0 Å². The summed E-state index contributed by atoms with van der Waals surface area (Å²) in [6.07, 6.45) is -0.109. The summed E-state index contributed by atoms with van der Waals surface area (Å²) in [4.78, 5) is 18.1. The zero-order valence-electron chi connectivity index (χ0n) is 9.98. The standard InChI is InChI=1S/C11H14N4O4/c12-8-2-6-9(10(18)14-8)13-4-15(6)11-7(17)1-5(3-16)19-11/h2,4-5,7,11,16-17H,1,3H2,(H3,12,14,18)/t5-,7+,11?/m0/s1. The van der Waals surface area contributed by atoms with Gasteiger partial charge in [-0.25, -0.2) is 4.98 Å². The van der Waals surface area contributed by atoms with Gasteiger partial charge in [-0.1, -0.05) is 0 Å². The normalized spacial score (nSPS) is 27.2. The minimum atomic E-state index is -0.768. The number of hydrogen-bond acceptors (Lipinski definition) is 6. The lowest BCUT2D eigenvalue weighted by molar-refractivity contribution is -0.0484.